The first-order valence-electron chi connectivity index (χ1n) is 4.60. The van der Waals surface area contributed by atoms with Crippen LogP contribution in [0.25, 0.3) is 0 Å². The van der Waals surface area contributed by atoms with Crippen molar-refractivity contribution in [1.82, 2.24) is 4.57 Å². The van der Waals surface area contributed by atoms with Gasteiger partial charge in [-0.15, -0.1) is 0 Å². The second-order valence-electron chi connectivity index (χ2n) is 3.10. The molecule has 0 aliphatic heterocycles. The molecule has 1 heterocycles. The molecule has 0 spiro atoms. The molecule has 1 aromatic rings. The third-order valence-corrected chi connectivity index (χ3v) is 2.10. The van der Waals surface area contributed by atoms with Crippen LogP contribution >= 0.6 is 0 Å². The highest BCUT2D eigenvalue weighted by atomic mass is 16.5. The molecule has 0 saturated heterocycles. The maximum atomic E-state index is 9.52. The first kappa shape index (κ1) is 10.3. The molecule has 13 heavy (non-hydrogen) atoms. The monoisotopic (exact) mass is 183 g/mol. The third kappa shape index (κ3) is 2.86. The van der Waals surface area contributed by atoms with Crippen LogP contribution in [0.1, 0.15) is 25.0 Å². The van der Waals surface area contributed by atoms with Gasteiger partial charge in [0.05, 0.1) is 12.7 Å². The molecule has 3 nitrogen and oxygen atoms in total. The normalized spacial score (nSPS) is 13.2. The minimum atomic E-state index is -0.330. The highest BCUT2D eigenvalue weighted by Gasteiger charge is 2.05. The van der Waals surface area contributed by atoms with Gasteiger partial charge >= 0.3 is 0 Å². The SMILES string of the molecule is CCC(O)c1ccn(CCOC)c1. The number of aliphatic hydroxyl groups excluding tert-OH is 1. The van der Waals surface area contributed by atoms with Crippen LogP contribution in [0, 0.1) is 0 Å². The molecule has 0 aromatic carbocycles. The van der Waals surface area contributed by atoms with Crippen molar-refractivity contribution in [2.24, 2.45) is 0 Å². The third-order valence-electron chi connectivity index (χ3n) is 2.10. The number of aliphatic hydroxyl groups is 1. The van der Waals surface area contributed by atoms with Crippen LogP contribution in [0.15, 0.2) is 18.5 Å². The lowest BCUT2D eigenvalue weighted by atomic mass is 10.1. The van der Waals surface area contributed by atoms with Gasteiger partial charge in [0.2, 0.25) is 0 Å². The van der Waals surface area contributed by atoms with Crippen molar-refractivity contribution in [3.63, 3.8) is 0 Å². The van der Waals surface area contributed by atoms with E-state index < -0.39 is 0 Å². The standard InChI is InChI=1S/C10H17NO2/c1-3-10(12)9-4-5-11(8-9)6-7-13-2/h4-5,8,10,12H,3,6-7H2,1-2H3. The largest absolute Gasteiger partial charge is 0.388 e. The number of hydrogen-bond acceptors (Lipinski definition) is 2. The van der Waals surface area contributed by atoms with E-state index in [-0.39, 0.29) is 6.10 Å². The van der Waals surface area contributed by atoms with Gasteiger partial charge in [-0.05, 0) is 18.1 Å². The lowest BCUT2D eigenvalue weighted by Gasteiger charge is -2.04. The van der Waals surface area contributed by atoms with Crippen LogP contribution in [0.3, 0.4) is 0 Å². The lowest BCUT2D eigenvalue weighted by Crippen LogP contribution is -2.01. The van der Waals surface area contributed by atoms with Gasteiger partial charge in [0.1, 0.15) is 0 Å². The maximum Gasteiger partial charge on any atom is 0.0802 e. The zero-order valence-electron chi connectivity index (χ0n) is 8.23. The van der Waals surface area contributed by atoms with Gasteiger partial charge in [-0.25, -0.2) is 0 Å². The molecule has 0 radical (unpaired) electrons. The molecule has 1 aromatic heterocycles. The number of ether oxygens (including phenoxy) is 1. The summed E-state index contributed by atoms with van der Waals surface area (Å²) in [6.07, 6.45) is 4.36. The van der Waals surface area contributed by atoms with Gasteiger partial charge in [0, 0.05) is 26.0 Å². The van der Waals surface area contributed by atoms with Crippen LogP contribution in [0.4, 0.5) is 0 Å². The summed E-state index contributed by atoms with van der Waals surface area (Å²) >= 11 is 0. The van der Waals surface area contributed by atoms with Gasteiger partial charge < -0.3 is 14.4 Å². The predicted octanol–water partition coefficient (Wildman–Crippen LogP) is 1.58. The molecule has 0 amide bonds. The van der Waals surface area contributed by atoms with Crippen LogP contribution in [0.2, 0.25) is 0 Å². The Morgan fingerprint density at radius 2 is 2.38 bits per heavy atom. The Labute approximate surface area is 78.9 Å². The van der Waals surface area contributed by atoms with E-state index in [2.05, 4.69) is 0 Å². The van der Waals surface area contributed by atoms with Crippen molar-refractivity contribution in [3.8, 4) is 0 Å². The Kier molecular flexibility index (Phi) is 3.99. The van der Waals surface area contributed by atoms with Crippen molar-refractivity contribution >= 4 is 0 Å². The van der Waals surface area contributed by atoms with E-state index in [1.807, 2.05) is 30.0 Å². The van der Waals surface area contributed by atoms with E-state index in [0.717, 1.165) is 18.5 Å². The van der Waals surface area contributed by atoms with Gasteiger partial charge in [-0.3, -0.25) is 0 Å². The Balaban J connectivity index is 2.53. The molecule has 1 unspecified atom stereocenters. The van der Waals surface area contributed by atoms with Crippen LogP contribution in [-0.4, -0.2) is 23.4 Å². The zero-order valence-corrected chi connectivity index (χ0v) is 8.23. The average Bonchev–Trinajstić information content (AvgIpc) is 2.62. The van der Waals surface area contributed by atoms with E-state index in [9.17, 15) is 5.11 Å². The van der Waals surface area contributed by atoms with Crippen molar-refractivity contribution in [2.45, 2.75) is 26.0 Å². The summed E-state index contributed by atoms with van der Waals surface area (Å²) in [5, 5.41) is 9.52. The fourth-order valence-corrected chi connectivity index (χ4v) is 1.23. The maximum absolute atomic E-state index is 9.52. The van der Waals surface area contributed by atoms with Crippen LogP contribution in [0.5, 0.6) is 0 Å². The highest BCUT2D eigenvalue weighted by Crippen LogP contribution is 2.15. The van der Waals surface area contributed by atoms with E-state index in [4.69, 9.17) is 4.74 Å². The predicted molar refractivity (Wildman–Crippen MR) is 51.6 cm³/mol. The molecule has 0 fully saturated rings. The average molecular weight is 183 g/mol. The van der Waals surface area contributed by atoms with Gasteiger partial charge in [0.15, 0.2) is 0 Å². The summed E-state index contributed by atoms with van der Waals surface area (Å²) in [4.78, 5) is 0. The van der Waals surface area contributed by atoms with Crippen molar-refractivity contribution in [3.05, 3.63) is 24.0 Å². The first-order valence-corrected chi connectivity index (χ1v) is 4.60. The summed E-state index contributed by atoms with van der Waals surface area (Å²) in [6, 6.07) is 1.95. The highest BCUT2D eigenvalue weighted by molar-refractivity contribution is 5.13. The number of rotatable bonds is 5. The van der Waals surface area contributed by atoms with Gasteiger partial charge in [-0.1, -0.05) is 6.92 Å². The summed E-state index contributed by atoms with van der Waals surface area (Å²) < 4.78 is 6.98. The molecule has 74 valence electrons. The number of hydrogen-bond donors (Lipinski definition) is 1. The second-order valence-corrected chi connectivity index (χ2v) is 3.10. The summed E-state index contributed by atoms with van der Waals surface area (Å²) in [5.41, 5.74) is 0.985. The smallest absolute Gasteiger partial charge is 0.0802 e. The molecule has 0 saturated carbocycles. The molecule has 3 heteroatoms. The minimum Gasteiger partial charge on any atom is -0.388 e. The number of nitrogens with zero attached hydrogens (tertiary/aromatic N) is 1. The lowest BCUT2D eigenvalue weighted by molar-refractivity contribution is 0.172. The Morgan fingerprint density at radius 3 is 3.00 bits per heavy atom. The van der Waals surface area contributed by atoms with E-state index in [1.165, 1.54) is 0 Å². The van der Waals surface area contributed by atoms with Gasteiger partial charge in [0.25, 0.3) is 0 Å². The first-order chi connectivity index (χ1) is 6.27. The van der Waals surface area contributed by atoms with Crippen LogP contribution in [-0.2, 0) is 11.3 Å². The van der Waals surface area contributed by atoms with Gasteiger partial charge in [-0.2, -0.15) is 0 Å². The Morgan fingerprint density at radius 1 is 1.62 bits per heavy atom. The molecular weight excluding hydrogens is 166 g/mol. The fourth-order valence-electron chi connectivity index (χ4n) is 1.23. The molecule has 1 N–H and O–H groups in total. The van der Waals surface area contributed by atoms with E-state index in [1.54, 1.807) is 7.11 Å². The van der Waals surface area contributed by atoms with Crippen LogP contribution < -0.4 is 0 Å². The summed E-state index contributed by atoms with van der Waals surface area (Å²) in [5.74, 6) is 0. The molecular formula is C10H17NO2. The Bertz CT molecular complexity index is 245. The fraction of sp³-hybridized carbons (Fsp3) is 0.600. The number of aromatic nitrogens is 1. The summed E-state index contributed by atoms with van der Waals surface area (Å²) in [7, 11) is 1.69. The van der Waals surface area contributed by atoms with E-state index in [0.29, 0.717) is 6.61 Å². The molecule has 1 atom stereocenters. The molecule has 0 aliphatic rings. The summed E-state index contributed by atoms with van der Waals surface area (Å²) in [6.45, 7) is 3.51. The molecule has 0 bridgehead atoms. The second kappa shape index (κ2) is 5.04. The Hall–Kier alpha value is -0.800. The molecule has 0 aliphatic carbocycles. The minimum absolute atomic E-state index is 0.330. The topological polar surface area (TPSA) is 34.4 Å². The molecule has 1 rings (SSSR count). The van der Waals surface area contributed by atoms with E-state index >= 15 is 0 Å². The zero-order chi connectivity index (χ0) is 9.68. The van der Waals surface area contributed by atoms with Crippen molar-refractivity contribution in [1.29, 1.82) is 0 Å². The quantitative estimate of drug-likeness (QED) is 0.752. The number of methoxy groups -OCH3 is 1. The van der Waals surface area contributed by atoms with Crippen molar-refractivity contribution in [2.75, 3.05) is 13.7 Å². The van der Waals surface area contributed by atoms with Crippen molar-refractivity contribution < 1.29 is 9.84 Å².